The summed E-state index contributed by atoms with van der Waals surface area (Å²) in [5.74, 6) is 2.32. The molecule has 0 bridgehead atoms. The van der Waals surface area contributed by atoms with E-state index in [2.05, 4.69) is 70.5 Å². The van der Waals surface area contributed by atoms with E-state index in [1.807, 2.05) is 0 Å². The Morgan fingerprint density at radius 2 is 1.63 bits per heavy atom. The second kappa shape index (κ2) is 15.7. The number of hydrogen-bond donors (Lipinski definition) is 3. The number of aliphatic hydroxyl groups is 1. The number of fused-ring (bicyclic) bond motifs is 5. The summed E-state index contributed by atoms with van der Waals surface area (Å²) in [5, 5.41) is 23.8. The third-order valence-corrected chi connectivity index (χ3v) is 19.2. The van der Waals surface area contributed by atoms with E-state index in [9.17, 15) is 23.4 Å². The molecule has 1 aliphatic heterocycles. The van der Waals surface area contributed by atoms with E-state index in [-0.39, 0.29) is 33.6 Å². The van der Waals surface area contributed by atoms with Crippen LogP contribution < -0.4 is 5.32 Å². The lowest BCUT2D eigenvalue weighted by Gasteiger charge is -2.67. The topological polar surface area (TPSA) is 107 Å². The minimum Gasteiger partial charge on any atom is -0.481 e. The summed E-state index contributed by atoms with van der Waals surface area (Å²) in [6, 6.07) is 0. The van der Waals surface area contributed by atoms with Crippen LogP contribution in [-0.2, 0) is 14.6 Å². The van der Waals surface area contributed by atoms with Crippen LogP contribution in [0.15, 0.2) is 35.5 Å². The fourth-order valence-corrected chi connectivity index (χ4v) is 15.0. The van der Waals surface area contributed by atoms with Gasteiger partial charge in [-0.05, 0) is 173 Å². The second-order valence-corrected chi connectivity index (χ2v) is 23.0. The third kappa shape index (κ3) is 7.62. The first-order valence-electron chi connectivity index (χ1n) is 21.9. The normalized spacial score (nSPS) is 40.8. The molecule has 1 heterocycles. The lowest BCUT2D eigenvalue weighted by Crippen LogP contribution is -2.65. The third-order valence-electron chi connectivity index (χ3n) is 17.5. The van der Waals surface area contributed by atoms with Gasteiger partial charge in [-0.2, -0.15) is 0 Å². The Balaban J connectivity index is 1.21. The number of hydrogen-bond acceptors (Lipinski definition) is 6. The zero-order valence-corrected chi connectivity index (χ0v) is 36.0. The van der Waals surface area contributed by atoms with Crippen LogP contribution >= 0.6 is 0 Å². The summed E-state index contributed by atoms with van der Waals surface area (Å²) in [6.45, 7) is 23.4. The average molecular weight is 769 g/mol. The van der Waals surface area contributed by atoms with Gasteiger partial charge in [0.2, 0.25) is 0 Å². The Bertz CT molecular complexity index is 1580. The highest BCUT2D eigenvalue weighted by Crippen LogP contribution is 2.71. The Hall–Kier alpha value is -1.48. The molecule has 0 spiro atoms. The number of aliphatic hydroxyl groups excluding tert-OH is 1. The largest absolute Gasteiger partial charge is 0.481 e. The van der Waals surface area contributed by atoms with Crippen molar-refractivity contribution in [2.24, 2.45) is 51.2 Å². The van der Waals surface area contributed by atoms with Crippen molar-refractivity contribution in [3.05, 3.63) is 35.5 Å². The Morgan fingerprint density at radius 1 is 0.944 bits per heavy atom. The molecule has 5 aliphatic carbocycles. The van der Waals surface area contributed by atoms with Gasteiger partial charge in [-0.3, -0.25) is 4.79 Å². The summed E-state index contributed by atoms with van der Waals surface area (Å²) in [7, 11) is -2.96. The van der Waals surface area contributed by atoms with Gasteiger partial charge in [0.25, 0.3) is 0 Å². The molecular weight excluding hydrogens is 693 g/mol. The fraction of sp³-hybridized carbons (Fsp3) is 0.848. The smallest absolute Gasteiger partial charge is 0.310 e. The minimum atomic E-state index is -2.96. The van der Waals surface area contributed by atoms with Crippen molar-refractivity contribution < 1.29 is 23.4 Å². The predicted octanol–water partition coefficient (Wildman–Crippen LogP) is 8.99. The number of nitrogens with one attached hydrogen (secondary N) is 1. The molecule has 0 aromatic heterocycles. The summed E-state index contributed by atoms with van der Waals surface area (Å²) < 4.78 is 24.3. The molecule has 6 aliphatic rings. The van der Waals surface area contributed by atoms with Crippen molar-refractivity contribution in [3.8, 4) is 0 Å². The van der Waals surface area contributed by atoms with E-state index in [0.717, 1.165) is 58.3 Å². The van der Waals surface area contributed by atoms with Gasteiger partial charge in [0.15, 0.2) is 0 Å². The summed E-state index contributed by atoms with van der Waals surface area (Å²) in [4.78, 5) is 14.8. The lowest BCUT2D eigenvalue weighted by atomic mass is 9.39. The molecule has 3 N–H and O–H groups in total. The highest BCUT2D eigenvalue weighted by molar-refractivity contribution is 7.91. The summed E-state index contributed by atoms with van der Waals surface area (Å²) in [6.07, 6.45) is 22.2. The highest BCUT2D eigenvalue weighted by atomic mass is 32.2. The zero-order valence-electron chi connectivity index (χ0n) is 35.1. The Labute approximate surface area is 329 Å². The van der Waals surface area contributed by atoms with Crippen LogP contribution in [0.2, 0.25) is 0 Å². The SMILES string of the molecule is C=C(C)C1CCC2(NCCN3CCC(S(C)(=O)=O)CC3)CCC3(C)C(CCC4C(C)CC=C(C5=CCC(CCO)(C(=O)O)CC5)C(C)(C)CCCC43C)C12. The lowest BCUT2D eigenvalue weighted by molar-refractivity contribution is -0.167. The van der Waals surface area contributed by atoms with E-state index in [1.165, 1.54) is 74.3 Å². The maximum absolute atomic E-state index is 12.3. The van der Waals surface area contributed by atoms with Gasteiger partial charge >= 0.3 is 5.97 Å². The molecule has 0 amide bonds. The fourth-order valence-electron chi connectivity index (χ4n) is 14.0. The van der Waals surface area contributed by atoms with Gasteiger partial charge in [-0.1, -0.05) is 65.3 Å². The van der Waals surface area contributed by atoms with Gasteiger partial charge in [0.05, 0.1) is 10.7 Å². The van der Waals surface area contributed by atoms with Gasteiger partial charge < -0.3 is 20.4 Å². The molecule has 3 saturated carbocycles. The van der Waals surface area contributed by atoms with Crippen molar-refractivity contribution in [3.63, 3.8) is 0 Å². The molecule has 9 atom stereocenters. The number of sulfone groups is 1. The molecule has 7 nitrogen and oxygen atoms in total. The number of carboxylic acids is 1. The number of nitrogens with zero attached hydrogens (tertiary/aromatic N) is 1. The van der Waals surface area contributed by atoms with E-state index in [0.29, 0.717) is 48.9 Å². The van der Waals surface area contributed by atoms with Crippen LogP contribution in [0.1, 0.15) is 144 Å². The number of piperidine rings is 1. The summed E-state index contributed by atoms with van der Waals surface area (Å²) in [5.41, 5.74) is 4.03. The van der Waals surface area contributed by atoms with Crippen LogP contribution in [0.25, 0.3) is 0 Å². The van der Waals surface area contributed by atoms with Crippen LogP contribution in [0, 0.1) is 51.2 Å². The van der Waals surface area contributed by atoms with E-state index in [4.69, 9.17) is 0 Å². The number of carbonyl (C=O) groups is 1. The van der Waals surface area contributed by atoms with Crippen molar-refractivity contribution in [1.82, 2.24) is 10.2 Å². The van der Waals surface area contributed by atoms with Gasteiger partial charge in [-0.25, -0.2) is 8.42 Å². The molecule has 6 rings (SSSR count). The zero-order chi connectivity index (χ0) is 39.3. The summed E-state index contributed by atoms with van der Waals surface area (Å²) >= 11 is 0. The molecule has 0 aromatic carbocycles. The highest BCUT2D eigenvalue weighted by Gasteiger charge is 2.66. The standard InChI is InChI=1S/C46H76N2O5S/c1-32(2)36-16-23-46(47-27-30-48-28-17-35(18-29-48)54(8,52)53)25-24-44(7)39(40(36)46)13-12-37-33(3)10-11-38(42(4,5)19-9-20-43(37,44)6)34-14-21-45(22-15-34,26-31-49)41(50)51/h11,14,33,35-37,39-40,47,49H,1,9-10,12-13,15-31H2,2-8H3,(H,50,51). The molecule has 54 heavy (non-hydrogen) atoms. The quantitative estimate of drug-likeness (QED) is 0.191. The van der Waals surface area contributed by atoms with Crippen molar-refractivity contribution >= 4 is 15.8 Å². The Kier molecular flexibility index (Phi) is 12.2. The molecule has 0 aromatic rings. The molecule has 306 valence electrons. The Morgan fingerprint density at radius 3 is 2.24 bits per heavy atom. The average Bonchev–Trinajstić information content (AvgIpc) is 3.49. The molecule has 0 radical (unpaired) electrons. The van der Waals surface area contributed by atoms with Crippen LogP contribution in [0.3, 0.4) is 0 Å². The maximum Gasteiger partial charge on any atom is 0.310 e. The molecular formula is C46H76N2O5S. The predicted molar refractivity (Wildman–Crippen MR) is 221 cm³/mol. The number of allylic oxidation sites excluding steroid dienone is 5. The number of aliphatic carboxylic acids is 1. The molecule has 9 unspecified atom stereocenters. The van der Waals surface area contributed by atoms with Gasteiger partial charge in [0.1, 0.15) is 9.84 Å². The second-order valence-electron chi connectivity index (χ2n) is 20.7. The number of likely N-dealkylation sites (tertiary alicyclic amines) is 1. The molecule has 1 saturated heterocycles. The number of rotatable bonds is 10. The van der Waals surface area contributed by atoms with Crippen molar-refractivity contribution in [2.45, 2.75) is 155 Å². The minimum absolute atomic E-state index is 0.0200. The maximum atomic E-state index is 12.3. The van der Waals surface area contributed by atoms with E-state index >= 15 is 0 Å². The van der Waals surface area contributed by atoms with Crippen LogP contribution in [0.5, 0.6) is 0 Å². The van der Waals surface area contributed by atoms with Crippen LogP contribution in [0.4, 0.5) is 0 Å². The van der Waals surface area contributed by atoms with Gasteiger partial charge in [-0.15, -0.1) is 0 Å². The first-order chi connectivity index (χ1) is 25.3. The first-order valence-corrected chi connectivity index (χ1v) is 23.8. The van der Waals surface area contributed by atoms with Crippen molar-refractivity contribution in [2.75, 3.05) is 39.0 Å². The first kappa shape index (κ1) is 42.1. The van der Waals surface area contributed by atoms with E-state index < -0.39 is 21.2 Å². The number of carboxylic acid groups (broad SMARTS) is 1. The van der Waals surface area contributed by atoms with Gasteiger partial charge in [0, 0.05) is 31.5 Å². The van der Waals surface area contributed by atoms with Crippen LogP contribution in [-0.4, -0.2) is 79.3 Å². The monoisotopic (exact) mass is 769 g/mol. The van der Waals surface area contributed by atoms with Crippen molar-refractivity contribution in [1.29, 1.82) is 0 Å². The molecule has 8 heteroatoms. The van der Waals surface area contributed by atoms with E-state index in [1.54, 1.807) is 0 Å². The molecule has 4 fully saturated rings.